The van der Waals surface area contributed by atoms with Gasteiger partial charge in [0.05, 0.1) is 18.7 Å². The van der Waals surface area contributed by atoms with Crippen molar-refractivity contribution in [3.63, 3.8) is 0 Å². The van der Waals surface area contributed by atoms with E-state index in [0.717, 1.165) is 5.69 Å². The molecule has 0 saturated heterocycles. The van der Waals surface area contributed by atoms with Gasteiger partial charge in [-0.05, 0) is 25.1 Å². The predicted octanol–water partition coefficient (Wildman–Crippen LogP) is 1.38. The van der Waals surface area contributed by atoms with E-state index in [-0.39, 0.29) is 18.5 Å². The van der Waals surface area contributed by atoms with Crippen LogP contribution in [0.2, 0.25) is 0 Å². The highest BCUT2D eigenvalue weighted by atomic mass is 16.5. The molecule has 0 bridgehead atoms. The Hall–Kier alpha value is -2.24. The number of anilines is 2. The van der Waals surface area contributed by atoms with Crippen LogP contribution in [-0.4, -0.2) is 31.6 Å². The summed E-state index contributed by atoms with van der Waals surface area (Å²) in [4.78, 5) is 22.4. The Kier molecular flexibility index (Phi) is 4.22. The molecule has 1 heterocycles. The Morgan fingerprint density at radius 3 is 3.16 bits per heavy atom. The van der Waals surface area contributed by atoms with Crippen molar-refractivity contribution in [2.24, 2.45) is 0 Å². The molecule has 102 valence electrons. The summed E-state index contributed by atoms with van der Waals surface area (Å²) in [5, 5.41) is 5.82. The lowest BCUT2D eigenvalue weighted by Gasteiger charge is -2.18. The molecule has 0 aromatic heterocycles. The average Bonchev–Trinajstić information content (AvgIpc) is 2.38. The number of hydrogen-bond donors (Lipinski definition) is 2. The minimum Gasteiger partial charge on any atom is -0.482 e. The second-order valence-corrected chi connectivity index (χ2v) is 4.03. The fraction of sp³-hybridized carbons (Fsp3) is 0.385. The van der Waals surface area contributed by atoms with E-state index in [1.54, 1.807) is 19.1 Å². The number of rotatable bonds is 5. The minimum atomic E-state index is -0.232. The first-order chi connectivity index (χ1) is 9.19. The maximum atomic E-state index is 11.2. The highest BCUT2D eigenvalue weighted by molar-refractivity contribution is 5.96. The lowest BCUT2D eigenvalue weighted by atomic mass is 10.2. The normalized spacial score (nSPS) is 13.0. The van der Waals surface area contributed by atoms with Crippen molar-refractivity contribution in [1.29, 1.82) is 0 Å². The predicted molar refractivity (Wildman–Crippen MR) is 70.3 cm³/mol. The van der Waals surface area contributed by atoms with Crippen molar-refractivity contribution in [2.45, 2.75) is 13.3 Å². The van der Waals surface area contributed by atoms with Crippen LogP contribution >= 0.6 is 0 Å². The lowest BCUT2D eigenvalue weighted by Crippen LogP contribution is -2.25. The molecule has 0 unspecified atom stereocenters. The van der Waals surface area contributed by atoms with Crippen LogP contribution in [0.25, 0.3) is 0 Å². The van der Waals surface area contributed by atoms with Crippen molar-refractivity contribution in [3.05, 3.63) is 18.2 Å². The van der Waals surface area contributed by atoms with Gasteiger partial charge in [-0.2, -0.15) is 0 Å². The number of carbonyl (C=O) groups excluding carboxylic acids is 2. The van der Waals surface area contributed by atoms with Crippen LogP contribution in [0.4, 0.5) is 11.4 Å². The van der Waals surface area contributed by atoms with Gasteiger partial charge in [-0.3, -0.25) is 9.59 Å². The van der Waals surface area contributed by atoms with E-state index >= 15 is 0 Å². The molecule has 0 fully saturated rings. The van der Waals surface area contributed by atoms with Gasteiger partial charge in [0.15, 0.2) is 6.61 Å². The lowest BCUT2D eigenvalue weighted by molar-refractivity contribution is -0.142. The fourth-order valence-electron chi connectivity index (χ4n) is 1.74. The Morgan fingerprint density at radius 1 is 1.53 bits per heavy atom. The van der Waals surface area contributed by atoms with Gasteiger partial charge >= 0.3 is 5.97 Å². The number of amides is 1. The number of ether oxygens (including phenoxy) is 2. The highest BCUT2D eigenvalue weighted by Gasteiger charge is 2.15. The summed E-state index contributed by atoms with van der Waals surface area (Å²) < 4.78 is 10.1. The topological polar surface area (TPSA) is 76.7 Å². The van der Waals surface area contributed by atoms with E-state index in [1.165, 1.54) is 0 Å². The molecule has 6 heteroatoms. The molecule has 0 aliphatic carbocycles. The number of hydrogen-bond acceptors (Lipinski definition) is 5. The Balaban J connectivity index is 1.89. The molecule has 1 aliphatic rings. The SMILES string of the molecule is CCOC(=O)CCNc1ccc2c(c1)NC(=O)CO2. The molecule has 2 rings (SSSR count). The van der Waals surface area contributed by atoms with Crippen molar-refractivity contribution < 1.29 is 19.1 Å². The molecular weight excluding hydrogens is 248 g/mol. The van der Waals surface area contributed by atoms with Gasteiger partial charge in [-0.15, -0.1) is 0 Å². The quantitative estimate of drug-likeness (QED) is 0.786. The van der Waals surface area contributed by atoms with Gasteiger partial charge in [0, 0.05) is 12.2 Å². The zero-order chi connectivity index (χ0) is 13.7. The van der Waals surface area contributed by atoms with Gasteiger partial charge < -0.3 is 20.1 Å². The van der Waals surface area contributed by atoms with Crippen LogP contribution in [0.3, 0.4) is 0 Å². The van der Waals surface area contributed by atoms with E-state index in [1.807, 2.05) is 6.07 Å². The van der Waals surface area contributed by atoms with Gasteiger partial charge in [-0.25, -0.2) is 0 Å². The second-order valence-electron chi connectivity index (χ2n) is 4.03. The molecule has 0 spiro atoms. The summed E-state index contributed by atoms with van der Waals surface area (Å²) in [6, 6.07) is 5.39. The zero-order valence-electron chi connectivity index (χ0n) is 10.7. The largest absolute Gasteiger partial charge is 0.482 e. The van der Waals surface area contributed by atoms with Crippen molar-refractivity contribution in [2.75, 3.05) is 30.4 Å². The second kappa shape index (κ2) is 6.08. The van der Waals surface area contributed by atoms with Crippen molar-refractivity contribution in [3.8, 4) is 5.75 Å². The first kappa shape index (κ1) is 13.2. The third kappa shape index (κ3) is 3.61. The van der Waals surface area contributed by atoms with Crippen molar-refractivity contribution >= 4 is 23.3 Å². The Labute approximate surface area is 111 Å². The van der Waals surface area contributed by atoms with E-state index in [2.05, 4.69) is 10.6 Å². The van der Waals surface area contributed by atoms with Gasteiger partial charge in [0.2, 0.25) is 0 Å². The fourth-order valence-corrected chi connectivity index (χ4v) is 1.74. The number of esters is 1. The van der Waals surface area contributed by atoms with Crippen LogP contribution in [-0.2, 0) is 14.3 Å². The van der Waals surface area contributed by atoms with Gasteiger partial charge in [0.25, 0.3) is 5.91 Å². The maximum absolute atomic E-state index is 11.2. The number of carbonyl (C=O) groups is 2. The molecule has 1 amide bonds. The Bertz CT molecular complexity index is 488. The van der Waals surface area contributed by atoms with Gasteiger partial charge in [-0.1, -0.05) is 0 Å². The van der Waals surface area contributed by atoms with E-state index in [9.17, 15) is 9.59 Å². The number of nitrogens with one attached hydrogen (secondary N) is 2. The molecular formula is C13H16N2O4. The monoisotopic (exact) mass is 264 g/mol. The van der Waals surface area contributed by atoms with E-state index < -0.39 is 0 Å². The smallest absolute Gasteiger partial charge is 0.307 e. The first-order valence-corrected chi connectivity index (χ1v) is 6.15. The molecule has 1 aromatic rings. The van der Waals surface area contributed by atoms with Crippen LogP contribution in [0.1, 0.15) is 13.3 Å². The molecule has 1 aromatic carbocycles. The minimum absolute atomic E-state index is 0.0443. The summed E-state index contributed by atoms with van der Waals surface area (Å²) in [7, 11) is 0. The first-order valence-electron chi connectivity index (χ1n) is 6.15. The summed E-state index contributed by atoms with van der Waals surface area (Å²) in [6.45, 7) is 2.69. The molecule has 0 radical (unpaired) electrons. The maximum Gasteiger partial charge on any atom is 0.307 e. The summed E-state index contributed by atoms with van der Waals surface area (Å²) in [6.07, 6.45) is 0.299. The molecule has 1 aliphatic heterocycles. The summed E-state index contributed by atoms with van der Waals surface area (Å²) in [5.41, 5.74) is 1.45. The number of benzene rings is 1. The Morgan fingerprint density at radius 2 is 2.37 bits per heavy atom. The molecule has 19 heavy (non-hydrogen) atoms. The molecule has 2 N–H and O–H groups in total. The van der Waals surface area contributed by atoms with E-state index in [4.69, 9.17) is 9.47 Å². The standard InChI is InChI=1S/C13H16N2O4/c1-2-18-13(17)5-6-14-9-3-4-11-10(7-9)15-12(16)8-19-11/h3-4,7,14H,2,5-6,8H2,1H3,(H,15,16). The number of fused-ring (bicyclic) bond motifs is 1. The van der Waals surface area contributed by atoms with Gasteiger partial charge in [0.1, 0.15) is 5.75 Å². The van der Waals surface area contributed by atoms with Crippen LogP contribution < -0.4 is 15.4 Å². The zero-order valence-corrected chi connectivity index (χ0v) is 10.7. The highest BCUT2D eigenvalue weighted by Crippen LogP contribution is 2.30. The van der Waals surface area contributed by atoms with Crippen LogP contribution in [0.15, 0.2) is 18.2 Å². The average molecular weight is 264 g/mol. The van der Waals surface area contributed by atoms with Crippen molar-refractivity contribution in [1.82, 2.24) is 0 Å². The summed E-state index contributed by atoms with van der Waals surface area (Å²) in [5.74, 6) is 0.247. The third-order valence-corrected chi connectivity index (χ3v) is 2.58. The van der Waals surface area contributed by atoms with Crippen LogP contribution in [0, 0.1) is 0 Å². The molecule has 6 nitrogen and oxygen atoms in total. The summed E-state index contributed by atoms with van der Waals surface area (Å²) >= 11 is 0. The van der Waals surface area contributed by atoms with Crippen LogP contribution in [0.5, 0.6) is 5.75 Å². The van der Waals surface area contributed by atoms with E-state index in [0.29, 0.717) is 31.0 Å². The molecule has 0 atom stereocenters. The third-order valence-electron chi connectivity index (χ3n) is 2.58. The molecule has 0 saturated carbocycles.